The Hall–Kier alpha value is -0.200. The van der Waals surface area contributed by atoms with E-state index in [1.165, 1.54) is 0 Å². The molecule has 0 amide bonds. The fourth-order valence-corrected chi connectivity index (χ4v) is 2.19. The summed E-state index contributed by atoms with van der Waals surface area (Å²) in [5.41, 5.74) is 0. The molecule has 0 atom stereocenters. The first-order valence-electron chi connectivity index (χ1n) is 6.68. The molecule has 0 aromatic rings. The maximum atomic E-state index is 5.32. The van der Waals surface area contributed by atoms with E-state index >= 15 is 0 Å². The Morgan fingerprint density at radius 3 is 1.53 bits per heavy atom. The predicted molar refractivity (Wildman–Crippen MR) is 66.4 cm³/mol. The molecule has 2 heterocycles. The first-order valence-corrected chi connectivity index (χ1v) is 6.68. The van der Waals surface area contributed by atoms with Gasteiger partial charge in [0.1, 0.15) is 0 Å². The molecule has 0 saturated carbocycles. The van der Waals surface area contributed by atoms with Gasteiger partial charge in [0.25, 0.3) is 0 Å². The maximum Gasteiger partial charge on any atom is 0.0594 e. The van der Waals surface area contributed by atoms with E-state index in [9.17, 15) is 0 Å². The molecule has 5 nitrogen and oxygen atoms in total. The average molecular weight is 242 g/mol. The van der Waals surface area contributed by atoms with E-state index in [1.807, 2.05) is 0 Å². The molecule has 17 heavy (non-hydrogen) atoms. The normalized spacial score (nSPS) is 24.0. The van der Waals surface area contributed by atoms with Gasteiger partial charge in [-0.1, -0.05) is 0 Å². The van der Waals surface area contributed by atoms with Gasteiger partial charge in [-0.05, 0) is 0 Å². The number of hydrogen-bond donors (Lipinski definition) is 0. The lowest BCUT2D eigenvalue weighted by atomic mass is 10.4. The number of hydrogen-bond acceptors (Lipinski definition) is 4. The lowest BCUT2D eigenvalue weighted by Crippen LogP contribution is -2.41. The van der Waals surface area contributed by atoms with Crippen LogP contribution in [0.1, 0.15) is 0 Å². The third-order valence-corrected chi connectivity index (χ3v) is 3.36. The molecule has 0 aromatic heterocycles. The minimum Gasteiger partial charge on any atom is -0.379 e. The summed E-state index contributed by atoms with van der Waals surface area (Å²) in [4.78, 5) is 4.86. The molecule has 99 valence electrons. The highest BCUT2D eigenvalue weighted by atomic mass is 16.5. The Morgan fingerprint density at radius 1 is 0.706 bits per heavy atom. The zero-order valence-corrected chi connectivity index (χ0v) is 10.6. The van der Waals surface area contributed by atoms with Crippen molar-refractivity contribution < 1.29 is 9.47 Å². The van der Waals surface area contributed by atoms with E-state index in [0.29, 0.717) is 0 Å². The second-order valence-corrected chi connectivity index (χ2v) is 4.58. The topological polar surface area (TPSA) is 39.0 Å². The average Bonchev–Trinajstić information content (AvgIpc) is 2.41. The summed E-state index contributed by atoms with van der Waals surface area (Å²) in [6.45, 7) is 11.9. The van der Waals surface area contributed by atoms with Crippen molar-refractivity contribution >= 4 is 0 Å². The van der Waals surface area contributed by atoms with Crippen LogP contribution in [0, 0.1) is 0 Å². The smallest absolute Gasteiger partial charge is 0.0594 e. The van der Waals surface area contributed by atoms with Gasteiger partial charge in [0, 0.05) is 52.4 Å². The molecule has 0 spiro atoms. The Balaban J connectivity index is 1.42. The van der Waals surface area contributed by atoms with Crippen molar-refractivity contribution in [3.63, 3.8) is 0 Å². The summed E-state index contributed by atoms with van der Waals surface area (Å²) in [5, 5.41) is 4.59. The number of nitrogens with zero attached hydrogens (tertiary/aromatic N) is 3. The summed E-state index contributed by atoms with van der Waals surface area (Å²) in [6, 6.07) is 0. The Bertz CT molecular complexity index is 172. The molecular weight excluding hydrogens is 218 g/mol. The molecule has 0 bridgehead atoms. The first-order chi connectivity index (χ1) is 8.45. The lowest BCUT2D eigenvalue weighted by molar-refractivity contribution is 0.0352. The van der Waals surface area contributed by atoms with Crippen molar-refractivity contribution in [1.82, 2.24) is 15.1 Å². The molecule has 5 heteroatoms. The van der Waals surface area contributed by atoms with Gasteiger partial charge in [0.2, 0.25) is 0 Å². The quantitative estimate of drug-likeness (QED) is 0.575. The number of ether oxygens (including phenoxy) is 2. The van der Waals surface area contributed by atoms with Gasteiger partial charge in [-0.2, -0.15) is 0 Å². The van der Waals surface area contributed by atoms with Crippen LogP contribution in [0.5, 0.6) is 0 Å². The van der Waals surface area contributed by atoms with Crippen LogP contribution in [-0.4, -0.2) is 88.6 Å². The first kappa shape index (κ1) is 13.2. The molecule has 0 aliphatic carbocycles. The van der Waals surface area contributed by atoms with Crippen molar-refractivity contribution in [3.05, 3.63) is 0 Å². The van der Waals surface area contributed by atoms with Crippen LogP contribution in [0.25, 0.3) is 0 Å². The van der Waals surface area contributed by atoms with Crippen molar-refractivity contribution in [1.29, 1.82) is 0 Å². The molecule has 1 radical (unpaired) electrons. The highest BCUT2D eigenvalue weighted by Gasteiger charge is 2.11. The second kappa shape index (κ2) is 8.00. The third kappa shape index (κ3) is 5.31. The van der Waals surface area contributed by atoms with Crippen molar-refractivity contribution in [2.24, 2.45) is 0 Å². The highest BCUT2D eigenvalue weighted by Crippen LogP contribution is 1.96. The van der Waals surface area contributed by atoms with E-state index in [4.69, 9.17) is 9.47 Å². The molecule has 0 unspecified atom stereocenters. The minimum atomic E-state index is 0.883. The van der Waals surface area contributed by atoms with E-state index in [1.54, 1.807) is 0 Å². The van der Waals surface area contributed by atoms with Gasteiger partial charge in [0.15, 0.2) is 0 Å². The van der Waals surface area contributed by atoms with Crippen LogP contribution < -0.4 is 5.32 Å². The highest BCUT2D eigenvalue weighted by molar-refractivity contribution is 4.65. The summed E-state index contributed by atoms with van der Waals surface area (Å²) in [6.07, 6.45) is 0. The summed E-state index contributed by atoms with van der Waals surface area (Å²) in [5.74, 6) is 0. The SMILES string of the molecule is C(CN1CCOCC1)[N]CCN1CCOCC1. The van der Waals surface area contributed by atoms with Crippen LogP contribution in [0.2, 0.25) is 0 Å². The molecular formula is C12H24N3O2. The van der Waals surface area contributed by atoms with Gasteiger partial charge in [-0.15, -0.1) is 0 Å². The molecule has 2 saturated heterocycles. The Morgan fingerprint density at radius 2 is 1.12 bits per heavy atom. The molecule has 2 fully saturated rings. The van der Waals surface area contributed by atoms with Gasteiger partial charge in [-0.25, -0.2) is 5.32 Å². The second-order valence-electron chi connectivity index (χ2n) is 4.58. The van der Waals surface area contributed by atoms with Crippen molar-refractivity contribution in [2.75, 3.05) is 78.8 Å². The van der Waals surface area contributed by atoms with Gasteiger partial charge in [-0.3, -0.25) is 9.80 Å². The molecule has 2 rings (SSSR count). The summed E-state index contributed by atoms with van der Waals surface area (Å²) in [7, 11) is 0. The van der Waals surface area contributed by atoms with Crippen LogP contribution in [-0.2, 0) is 9.47 Å². The molecule has 0 aromatic carbocycles. The Labute approximate surface area is 104 Å². The Kier molecular flexibility index (Phi) is 6.23. The van der Waals surface area contributed by atoms with Gasteiger partial charge in [0.05, 0.1) is 26.4 Å². The third-order valence-electron chi connectivity index (χ3n) is 3.36. The van der Waals surface area contributed by atoms with Crippen molar-refractivity contribution in [2.45, 2.75) is 0 Å². The predicted octanol–water partition coefficient (Wildman–Crippen LogP) is -0.745. The minimum absolute atomic E-state index is 0.883. The largest absolute Gasteiger partial charge is 0.379 e. The van der Waals surface area contributed by atoms with E-state index in [-0.39, 0.29) is 0 Å². The van der Waals surface area contributed by atoms with E-state index < -0.39 is 0 Å². The fraction of sp³-hybridized carbons (Fsp3) is 1.00. The number of morpholine rings is 2. The van der Waals surface area contributed by atoms with Crippen LogP contribution in [0.4, 0.5) is 0 Å². The number of rotatable bonds is 6. The van der Waals surface area contributed by atoms with E-state index in [0.717, 1.165) is 78.8 Å². The zero-order valence-electron chi connectivity index (χ0n) is 10.6. The summed E-state index contributed by atoms with van der Waals surface area (Å²) < 4.78 is 10.6. The zero-order chi connectivity index (χ0) is 11.8. The fourth-order valence-electron chi connectivity index (χ4n) is 2.19. The van der Waals surface area contributed by atoms with Gasteiger partial charge >= 0.3 is 0 Å². The van der Waals surface area contributed by atoms with Crippen LogP contribution in [0.15, 0.2) is 0 Å². The molecule has 2 aliphatic rings. The van der Waals surface area contributed by atoms with Gasteiger partial charge < -0.3 is 9.47 Å². The maximum absolute atomic E-state index is 5.32. The molecule has 0 N–H and O–H groups in total. The lowest BCUT2D eigenvalue weighted by Gasteiger charge is -2.27. The standard InChI is InChI=1S/C12H24N3O2/c1(3-14-5-9-16-10-6-14)13-2-4-15-7-11-17-12-8-15/h1-12H2. The van der Waals surface area contributed by atoms with Crippen molar-refractivity contribution in [3.8, 4) is 0 Å². The van der Waals surface area contributed by atoms with E-state index in [2.05, 4.69) is 15.1 Å². The monoisotopic (exact) mass is 242 g/mol. The van der Waals surface area contributed by atoms with Crippen LogP contribution >= 0.6 is 0 Å². The van der Waals surface area contributed by atoms with Crippen LogP contribution in [0.3, 0.4) is 0 Å². The molecule has 2 aliphatic heterocycles. The summed E-state index contributed by atoms with van der Waals surface area (Å²) >= 11 is 0.